The summed E-state index contributed by atoms with van der Waals surface area (Å²) in [6.45, 7) is 5.55. The number of carbonyl (C=O) groups is 3. The molecule has 0 bridgehead atoms. The van der Waals surface area contributed by atoms with E-state index in [2.05, 4.69) is 17.1 Å². The average molecular weight is 274 g/mol. The van der Waals surface area contributed by atoms with E-state index in [-0.39, 0.29) is 5.91 Å². The first-order valence-electron chi connectivity index (χ1n) is 6.26. The number of hydrogen-bond acceptors (Lipinski definition) is 4. The van der Waals surface area contributed by atoms with E-state index in [9.17, 15) is 4.79 Å². The second-order valence-electron chi connectivity index (χ2n) is 4.56. The largest absolute Gasteiger partial charge is 0.473 e. The van der Waals surface area contributed by atoms with Gasteiger partial charge in [0.2, 0.25) is 5.91 Å². The first-order chi connectivity index (χ1) is 8.86. The minimum Gasteiger partial charge on any atom is -0.473 e. The lowest BCUT2D eigenvalue weighted by atomic mass is 9.99. The Hall–Kier alpha value is -1.63. The lowest BCUT2D eigenvalue weighted by molar-refractivity contribution is -0.159. The SMILES string of the molecule is CNC(=O)CCN1CCC(C)CC1.O=C(O)C(=O)O. The molecule has 1 aliphatic heterocycles. The molecule has 110 valence electrons. The van der Waals surface area contributed by atoms with Gasteiger partial charge in [-0.3, -0.25) is 4.79 Å². The van der Waals surface area contributed by atoms with Gasteiger partial charge < -0.3 is 20.4 Å². The Labute approximate surface area is 112 Å². The zero-order chi connectivity index (χ0) is 14.8. The van der Waals surface area contributed by atoms with Gasteiger partial charge in [-0.1, -0.05) is 6.92 Å². The van der Waals surface area contributed by atoms with Gasteiger partial charge in [0.05, 0.1) is 0 Å². The first-order valence-corrected chi connectivity index (χ1v) is 6.26. The zero-order valence-corrected chi connectivity index (χ0v) is 11.4. The predicted molar refractivity (Wildman–Crippen MR) is 68.8 cm³/mol. The van der Waals surface area contributed by atoms with Crippen molar-refractivity contribution in [2.45, 2.75) is 26.2 Å². The molecule has 1 amide bonds. The Bertz CT molecular complexity index is 299. The molecule has 1 fully saturated rings. The third-order valence-corrected chi connectivity index (χ3v) is 2.99. The van der Waals surface area contributed by atoms with Crippen LogP contribution >= 0.6 is 0 Å². The molecule has 0 aromatic rings. The summed E-state index contributed by atoms with van der Waals surface area (Å²) in [4.78, 5) is 31.6. The van der Waals surface area contributed by atoms with E-state index in [0.717, 1.165) is 25.6 Å². The molecule has 0 aliphatic carbocycles. The second-order valence-corrected chi connectivity index (χ2v) is 4.56. The van der Waals surface area contributed by atoms with E-state index in [0.29, 0.717) is 6.42 Å². The molecule has 19 heavy (non-hydrogen) atoms. The number of carbonyl (C=O) groups excluding carboxylic acids is 1. The Morgan fingerprint density at radius 1 is 1.16 bits per heavy atom. The summed E-state index contributed by atoms with van der Waals surface area (Å²) in [6.07, 6.45) is 3.21. The van der Waals surface area contributed by atoms with Crippen LogP contribution in [0.5, 0.6) is 0 Å². The molecule has 1 saturated heterocycles. The molecular weight excluding hydrogens is 252 g/mol. The third-order valence-electron chi connectivity index (χ3n) is 2.99. The number of aliphatic carboxylic acids is 2. The fraction of sp³-hybridized carbons (Fsp3) is 0.750. The molecule has 7 heteroatoms. The van der Waals surface area contributed by atoms with Gasteiger partial charge in [-0.25, -0.2) is 9.59 Å². The van der Waals surface area contributed by atoms with Gasteiger partial charge in [-0.05, 0) is 31.8 Å². The molecule has 1 heterocycles. The summed E-state index contributed by atoms with van der Waals surface area (Å²) in [5.74, 6) is -2.63. The monoisotopic (exact) mass is 274 g/mol. The number of carboxylic acids is 2. The highest BCUT2D eigenvalue weighted by molar-refractivity contribution is 6.27. The van der Waals surface area contributed by atoms with E-state index in [1.165, 1.54) is 12.8 Å². The van der Waals surface area contributed by atoms with E-state index >= 15 is 0 Å². The fourth-order valence-corrected chi connectivity index (χ4v) is 1.67. The van der Waals surface area contributed by atoms with E-state index < -0.39 is 11.9 Å². The van der Waals surface area contributed by atoms with Gasteiger partial charge >= 0.3 is 11.9 Å². The van der Waals surface area contributed by atoms with Crippen LogP contribution in [0.25, 0.3) is 0 Å². The van der Waals surface area contributed by atoms with Gasteiger partial charge in [-0.2, -0.15) is 0 Å². The van der Waals surface area contributed by atoms with Crippen molar-refractivity contribution in [2.24, 2.45) is 5.92 Å². The maximum absolute atomic E-state index is 11.0. The van der Waals surface area contributed by atoms with Crippen LogP contribution in [-0.2, 0) is 14.4 Å². The van der Waals surface area contributed by atoms with Crippen LogP contribution in [-0.4, -0.2) is 59.6 Å². The lowest BCUT2D eigenvalue weighted by Crippen LogP contribution is -2.35. The van der Waals surface area contributed by atoms with Crippen LogP contribution in [0.3, 0.4) is 0 Å². The van der Waals surface area contributed by atoms with Crippen molar-refractivity contribution in [3.63, 3.8) is 0 Å². The highest BCUT2D eigenvalue weighted by Gasteiger charge is 2.15. The summed E-state index contributed by atoms with van der Waals surface area (Å²) in [5, 5.41) is 17.4. The second kappa shape index (κ2) is 9.32. The Balaban J connectivity index is 0.000000459. The van der Waals surface area contributed by atoms with Crippen molar-refractivity contribution in [2.75, 3.05) is 26.7 Å². The van der Waals surface area contributed by atoms with Crippen LogP contribution in [0.1, 0.15) is 26.2 Å². The Morgan fingerprint density at radius 3 is 2.00 bits per heavy atom. The number of likely N-dealkylation sites (tertiary alicyclic amines) is 1. The van der Waals surface area contributed by atoms with Gasteiger partial charge in [0.25, 0.3) is 0 Å². The quantitative estimate of drug-likeness (QED) is 0.626. The molecule has 0 unspecified atom stereocenters. The molecular formula is C12H22N2O5. The van der Waals surface area contributed by atoms with Crippen molar-refractivity contribution < 1.29 is 24.6 Å². The number of amides is 1. The predicted octanol–water partition coefficient (Wildman–Crippen LogP) is 0.0100. The lowest BCUT2D eigenvalue weighted by Gasteiger charge is -2.29. The number of piperidine rings is 1. The van der Waals surface area contributed by atoms with Crippen LogP contribution in [0.4, 0.5) is 0 Å². The van der Waals surface area contributed by atoms with E-state index in [1.807, 2.05) is 0 Å². The van der Waals surface area contributed by atoms with Gasteiger partial charge in [-0.15, -0.1) is 0 Å². The van der Waals surface area contributed by atoms with Crippen LogP contribution in [0.15, 0.2) is 0 Å². The molecule has 0 saturated carbocycles. The minimum absolute atomic E-state index is 0.152. The molecule has 0 radical (unpaired) electrons. The number of nitrogens with zero attached hydrogens (tertiary/aromatic N) is 1. The Kier molecular flexibility index (Phi) is 8.52. The van der Waals surface area contributed by atoms with Crippen molar-refractivity contribution in [1.82, 2.24) is 10.2 Å². The smallest absolute Gasteiger partial charge is 0.414 e. The van der Waals surface area contributed by atoms with Crippen LogP contribution in [0.2, 0.25) is 0 Å². The standard InChI is InChI=1S/C10H20N2O.C2H2O4/c1-9-3-6-12(7-4-9)8-5-10(13)11-2;3-1(4)2(5)6/h9H,3-8H2,1-2H3,(H,11,13);(H,3,4)(H,5,6). The molecule has 0 aromatic heterocycles. The number of nitrogens with one attached hydrogen (secondary N) is 1. The summed E-state index contributed by atoms with van der Waals surface area (Å²) in [7, 11) is 1.70. The summed E-state index contributed by atoms with van der Waals surface area (Å²) in [5.41, 5.74) is 0. The van der Waals surface area contributed by atoms with Gasteiger partial charge in [0.15, 0.2) is 0 Å². The highest BCUT2D eigenvalue weighted by atomic mass is 16.4. The normalized spacial score (nSPS) is 16.1. The molecule has 3 N–H and O–H groups in total. The van der Waals surface area contributed by atoms with Crippen LogP contribution in [0, 0.1) is 5.92 Å². The average Bonchev–Trinajstić information content (AvgIpc) is 2.38. The van der Waals surface area contributed by atoms with E-state index in [4.69, 9.17) is 19.8 Å². The maximum atomic E-state index is 11.0. The summed E-state index contributed by atoms with van der Waals surface area (Å²) < 4.78 is 0. The van der Waals surface area contributed by atoms with Crippen molar-refractivity contribution in [3.05, 3.63) is 0 Å². The molecule has 7 nitrogen and oxygen atoms in total. The molecule has 1 aliphatic rings. The van der Waals surface area contributed by atoms with Crippen molar-refractivity contribution in [1.29, 1.82) is 0 Å². The molecule has 0 spiro atoms. The fourth-order valence-electron chi connectivity index (χ4n) is 1.67. The molecule has 0 aromatic carbocycles. The topological polar surface area (TPSA) is 107 Å². The third kappa shape index (κ3) is 9.01. The zero-order valence-electron chi connectivity index (χ0n) is 11.4. The highest BCUT2D eigenvalue weighted by Crippen LogP contribution is 2.15. The Morgan fingerprint density at radius 2 is 1.63 bits per heavy atom. The summed E-state index contributed by atoms with van der Waals surface area (Å²) in [6, 6.07) is 0. The molecule has 1 rings (SSSR count). The van der Waals surface area contributed by atoms with Crippen molar-refractivity contribution in [3.8, 4) is 0 Å². The maximum Gasteiger partial charge on any atom is 0.414 e. The van der Waals surface area contributed by atoms with Gasteiger partial charge in [0, 0.05) is 20.0 Å². The molecule has 0 atom stereocenters. The number of hydrogen-bond donors (Lipinski definition) is 3. The van der Waals surface area contributed by atoms with Crippen LogP contribution < -0.4 is 5.32 Å². The minimum atomic E-state index is -1.82. The van der Waals surface area contributed by atoms with E-state index in [1.54, 1.807) is 7.05 Å². The van der Waals surface area contributed by atoms with Gasteiger partial charge in [0.1, 0.15) is 0 Å². The summed E-state index contributed by atoms with van der Waals surface area (Å²) >= 11 is 0. The number of rotatable bonds is 3. The van der Waals surface area contributed by atoms with Crippen molar-refractivity contribution >= 4 is 17.8 Å². The number of carboxylic acid groups (broad SMARTS) is 2. The first kappa shape index (κ1) is 17.4.